The van der Waals surface area contributed by atoms with Crippen LogP contribution in [-0.4, -0.2) is 31.3 Å². The van der Waals surface area contributed by atoms with Gasteiger partial charge in [-0.15, -0.1) is 6.42 Å². The second kappa shape index (κ2) is 7.20. The number of carbonyl (C=O) groups is 1. The standard InChI is InChI=1S/C13H15NO4/c1-3-6-14-13(16)9-18-11-5-4-10(8-15)7-12(11)17-2/h1,4-5,7,15H,6,8-9H2,2H3,(H,14,16). The van der Waals surface area contributed by atoms with E-state index in [4.69, 9.17) is 21.0 Å². The monoisotopic (exact) mass is 249 g/mol. The summed E-state index contributed by atoms with van der Waals surface area (Å²) in [6.07, 6.45) is 5.01. The highest BCUT2D eigenvalue weighted by atomic mass is 16.5. The van der Waals surface area contributed by atoms with E-state index in [0.717, 1.165) is 0 Å². The fraction of sp³-hybridized carbons (Fsp3) is 0.308. The molecule has 0 saturated carbocycles. The maximum Gasteiger partial charge on any atom is 0.258 e. The van der Waals surface area contributed by atoms with E-state index in [1.165, 1.54) is 7.11 Å². The zero-order chi connectivity index (χ0) is 13.4. The van der Waals surface area contributed by atoms with Crippen LogP contribution in [0.1, 0.15) is 5.56 Å². The molecule has 1 aromatic carbocycles. The average Bonchev–Trinajstić information content (AvgIpc) is 2.42. The quantitative estimate of drug-likeness (QED) is 0.712. The fourth-order valence-corrected chi connectivity index (χ4v) is 1.27. The van der Waals surface area contributed by atoms with Gasteiger partial charge in [-0.1, -0.05) is 12.0 Å². The first-order chi connectivity index (χ1) is 8.71. The van der Waals surface area contributed by atoms with Crippen molar-refractivity contribution in [1.29, 1.82) is 0 Å². The number of carbonyl (C=O) groups excluding carboxylic acids is 1. The summed E-state index contributed by atoms with van der Waals surface area (Å²) in [4.78, 5) is 11.3. The van der Waals surface area contributed by atoms with Crippen LogP contribution >= 0.6 is 0 Å². The number of hydrogen-bond acceptors (Lipinski definition) is 4. The molecule has 1 amide bonds. The van der Waals surface area contributed by atoms with E-state index < -0.39 is 0 Å². The first kappa shape index (κ1) is 13.9. The van der Waals surface area contributed by atoms with E-state index in [0.29, 0.717) is 17.1 Å². The molecule has 0 radical (unpaired) electrons. The Morgan fingerprint density at radius 1 is 1.50 bits per heavy atom. The van der Waals surface area contributed by atoms with Crippen molar-refractivity contribution in [2.24, 2.45) is 0 Å². The second-order valence-corrected chi connectivity index (χ2v) is 3.41. The van der Waals surface area contributed by atoms with E-state index in [9.17, 15) is 4.79 Å². The molecule has 0 saturated heterocycles. The summed E-state index contributed by atoms with van der Waals surface area (Å²) in [5.74, 6) is 2.89. The van der Waals surface area contributed by atoms with Crippen LogP contribution in [0.15, 0.2) is 18.2 Å². The number of rotatable bonds is 6. The van der Waals surface area contributed by atoms with Crippen LogP contribution in [0.4, 0.5) is 0 Å². The molecule has 96 valence electrons. The van der Waals surface area contributed by atoms with Crippen LogP contribution in [0.25, 0.3) is 0 Å². The molecule has 18 heavy (non-hydrogen) atoms. The van der Waals surface area contributed by atoms with Crippen molar-refractivity contribution in [3.63, 3.8) is 0 Å². The smallest absolute Gasteiger partial charge is 0.258 e. The van der Waals surface area contributed by atoms with Gasteiger partial charge in [0.1, 0.15) is 0 Å². The third kappa shape index (κ3) is 4.00. The van der Waals surface area contributed by atoms with Gasteiger partial charge in [0.25, 0.3) is 5.91 Å². The molecule has 0 bridgehead atoms. The lowest BCUT2D eigenvalue weighted by Gasteiger charge is -2.11. The Balaban J connectivity index is 2.62. The van der Waals surface area contributed by atoms with Crippen LogP contribution in [-0.2, 0) is 11.4 Å². The van der Waals surface area contributed by atoms with Crippen molar-refractivity contribution in [2.75, 3.05) is 20.3 Å². The molecule has 0 fully saturated rings. The topological polar surface area (TPSA) is 67.8 Å². The number of aliphatic hydroxyl groups excluding tert-OH is 1. The lowest BCUT2D eigenvalue weighted by atomic mass is 10.2. The predicted octanol–water partition coefficient (Wildman–Crippen LogP) is 0.316. The summed E-state index contributed by atoms with van der Waals surface area (Å²) in [6, 6.07) is 4.98. The highest BCUT2D eigenvalue weighted by molar-refractivity contribution is 5.77. The SMILES string of the molecule is C#CCNC(=O)COc1ccc(CO)cc1OC. The first-order valence-corrected chi connectivity index (χ1v) is 5.32. The van der Waals surface area contributed by atoms with Gasteiger partial charge >= 0.3 is 0 Å². The largest absolute Gasteiger partial charge is 0.493 e. The summed E-state index contributed by atoms with van der Waals surface area (Å²) in [7, 11) is 1.49. The van der Waals surface area contributed by atoms with Crippen LogP contribution in [0.3, 0.4) is 0 Å². The van der Waals surface area contributed by atoms with Crippen molar-refractivity contribution in [2.45, 2.75) is 6.61 Å². The molecule has 0 aliphatic rings. The number of methoxy groups -OCH3 is 1. The Bertz CT molecular complexity index is 451. The van der Waals surface area contributed by atoms with E-state index in [-0.39, 0.29) is 25.7 Å². The summed E-state index contributed by atoms with van der Waals surface area (Å²) in [5.41, 5.74) is 0.705. The van der Waals surface area contributed by atoms with Gasteiger partial charge in [-0.3, -0.25) is 4.79 Å². The van der Waals surface area contributed by atoms with Crippen LogP contribution < -0.4 is 14.8 Å². The number of hydrogen-bond donors (Lipinski definition) is 2. The minimum atomic E-state index is -0.304. The molecular formula is C13H15NO4. The molecular weight excluding hydrogens is 234 g/mol. The average molecular weight is 249 g/mol. The maximum atomic E-state index is 11.3. The molecule has 0 aliphatic heterocycles. The van der Waals surface area contributed by atoms with Gasteiger partial charge in [0.05, 0.1) is 20.3 Å². The highest BCUT2D eigenvalue weighted by Gasteiger charge is 2.07. The first-order valence-electron chi connectivity index (χ1n) is 5.32. The lowest BCUT2D eigenvalue weighted by Crippen LogP contribution is -2.29. The van der Waals surface area contributed by atoms with Gasteiger partial charge in [0.2, 0.25) is 0 Å². The number of benzene rings is 1. The van der Waals surface area contributed by atoms with Gasteiger partial charge in [-0.05, 0) is 17.7 Å². The molecule has 2 N–H and O–H groups in total. The van der Waals surface area contributed by atoms with Crippen molar-refractivity contribution >= 4 is 5.91 Å². The Labute approximate surface area is 106 Å². The highest BCUT2D eigenvalue weighted by Crippen LogP contribution is 2.27. The van der Waals surface area contributed by atoms with Gasteiger partial charge in [-0.25, -0.2) is 0 Å². The zero-order valence-electron chi connectivity index (χ0n) is 10.1. The molecule has 1 aromatic rings. The minimum Gasteiger partial charge on any atom is -0.493 e. The Kier molecular flexibility index (Phi) is 5.55. The Morgan fingerprint density at radius 3 is 2.89 bits per heavy atom. The van der Waals surface area contributed by atoms with Gasteiger partial charge in [0.15, 0.2) is 18.1 Å². The van der Waals surface area contributed by atoms with Crippen molar-refractivity contribution in [3.05, 3.63) is 23.8 Å². The number of nitrogens with one attached hydrogen (secondary N) is 1. The van der Waals surface area contributed by atoms with E-state index in [2.05, 4.69) is 11.2 Å². The second-order valence-electron chi connectivity index (χ2n) is 3.41. The number of aliphatic hydroxyl groups is 1. The number of amides is 1. The molecule has 0 aromatic heterocycles. The van der Waals surface area contributed by atoms with Gasteiger partial charge in [-0.2, -0.15) is 0 Å². The molecule has 0 spiro atoms. The van der Waals surface area contributed by atoms with E-state index in [1.807, 2.05) is 0 Å². The molecule has 5 heteroatoms. The summed E-state index contributed by atoms with van der Waals surface area (Å²) >= 11 is 0. The Hall–Kier alpha value is -2.19. The molecule has 5 nitrogen and oxygen atoms in total. The minimum absolute atomic E-state index is 0.0840. The van der Waals surface area contributed by atoms with E-state index >= 15 is 0 Å². The van der Waals surface area contributed by atoms with Crippen molar-refractivity contribution in [3.8, 4) is 23.8 Å². The number of ether oxygens (including phenoxy) is 2. The van der Waals surface area contributed by atoms with Crippen LogP contribution in [0.2, 0.25) is 0 Å². The summed E-state index contributed by atoms with van der Waals surface area (Å²) < 4.78 is 10.4. The van der Waals surface area contributed by atoms with E-state index in [1.54, 1.807) is 18.2 Å². The fourth-order valence-electron chi connectivity index (χ4n) is 1.27. The van der Waals surface area contributed by atoms with Crippen molar-refractivity contribution in [1.82, 2.24) is 5.32 Å². The van der Waals surface area contributed by atoms with Gasteiger partial charge < -0.3 is 19.9 Å². The summed E-state index contributed by atoms with van der Waals surface area (Å²) in [6.45, 7) is -0.0570. The lowest BCUT2D eigenvalue weighted by molar-refractivity contribution is -0.122. The van der Waals surface area contributed by atoms with Gasteiger partial charge in [0, 0.05) is 0 Å². The van der Waals surface area contributed by atoms with Crippen molar-refractivity contribution < 1.29 is 19.4 Å². The maximum absolute atomic E-state index is 11.3. The predicted molar refractivity (Wildman–Crippen MR) is 66.3 cm³/mol. The zero-order valence-corrected chi connectivity index (χ0v) is 10.1. The molecule has 0 aliphatic carbocycles. The number of terminal acetylenes is 1. The third-order valence-corrected chi connectivity index (χ3v) is 2.16. The third-order valence-electron chi connectivity index (χ3n) is 2.16. The van der Waals surface area contributed by atoms with Crippen LogP contribution in [0.5, 0.6) is 11.5 Å². The Morgan fingerprint density at radius 2 is 2.28 bits per heavy atom. The molecule has 0 heterocycles. The molecule has 0 unspecified atom stereocenters. The normalized spacial score (nSPS) is 9.39. The molecule has 0 atom stereocenters. The summed E-state index contributed by atoms with van der Waals surface area (Å²) in [5, 5.41) is 11.5. The molecule has 1 rings (SSSR count). The van der Waals surface area contributed by atoms with Crippen LogP contribution in [0, 0.1) is 12.3 Å².